The third kappa shape index (κ3) is 3.27. The van der Waals surface area contributed by atoms with E-state index < -0.39 is 4.92 Å². The van der Waals surface area contributed by atoms with Gasteiger partial charge in [-0.3, -0.25) is 15.0 Å². The Balaban J connectivity index is 1.78. The number of likely N-dealkylation sites (N-methyl/N-ethyl adjacent to an activating group) is 1. The molecule has 1 N–H and O–H groups in total. The van der Waals surface area contributed by atoms with Crippen molar-refractivity contribution in [2.75, 3.05) is 33.2 Å². The Morgan fingerprint density at radius 2 is 1.89 bits per heavy atom. The summed E-state index contributed by atoms with van der Waals surface area (Å²) in [6.45, 7) is 5.30. The first-order valence-corrected chi connectivity index (χ1v) is 9.47. The Hall–Kier alpha value is -2.56. The maximum Gasteiger partial charge on any atom is 0.269 e. The third-order valence-corrected chi connectivity index (χ3v) is 5.95. The molecule has 3 heterocycles. The smallest absolute Gasteiger partial charge is 0.269 e. The van der Waals surface area contributed by atoms with Gasteiger partial charge in [0.2, 0.25) is 10.8 Å². The SMILES string of the molecule is Cc1nc2sc([C@@H](c3ccc([N+](=O)[O-])cc3)N3CCN(C)CC3)c(O)n2n1. The van der Waals surface area contributed by atoms with E-state index in [1.54, 1.807) is 19.1 Å². The summed E-state index contributed by atoms with van der Waals surface area (Å²) in [5.41, 5.74) is 0.958. The van der Waals surface area contributed by atoms with Gasteiger partial charge in [-0.1, -0.05) is 23.5 Å². The fraction of sp³-hybridized carbons (Fsp3) is 0.412. The molecule has 0 saturated carbocycles. The van der Waals surface area contributed by atoms with Gasteiger partial charge in [-0.15, -0.1) is 5.10 Å². The molecule has 27 heavy (non-hydrogen) atoms. The number of nitro benzene ring substituents is 1. The van der Waals surface area contributed by atoms with Crippen molar-refractivity contribution in [1.29, 1.82) is 0 Å². The number of hydrogen-bond donors (Lipinski definition) is 1. The number of piperazine rings is 1. The largest absolute Gasteiger partial charge is 0.492 e. The van der Waals surface area contributed by atoms with Gasteiger partial charge in [0.15, 0.2) is 0 Å². The first kappa shape index (κ1) is 17.8. The number of hydrogen-bond acceptors (Lipinski definition) is 8. The van der Waals surface area contributed by atoms with Crippen LogP contribution in [0.4, 0.5) is 5.69 Å². The molecule has 0 radical (unpaired) electrons. The van der Waals surface area contributed by atoms with Crippen molar-refractivity contribution in [2.24, 2.45) is 0 Å². The van der Waals surface area contributed by atoms with E-state index in [-0.39, 0.29) is 17.6 Å². The van der Waals surface area contributed by atoms with Crippen LogP contribution in [-0.2, 0) is 0 Å². The van der Waals surface area contributed by atoms with Crippen LogP contribution in [0.5, 0.6) is 5.88 Å². The summed E-state index contributed by atoms with van der Waals surface area (Å²) in [7, 11) is 2.08. The Morgan fingerprint density at radius 3 is 2.48 bits per heavy atom. The summed E-state index contributed by atoms with van der Waals surface area (Å²) in [5, 5.41) is 26.0. The minimum Gasteiger partial charge on any atom is -0.492 e. The Kier molecular flexibility index (Phi) is 4.54. The van der Waals surface area contributed by atoms with Gasteiger partial charge in [0, 0.05) is 38.3 Å². The number of nitrogens with zero attached hydrogens (tertiary/aromatic N) is 6. The molecule has 0 unspecified atom stereocenters. The van der Waals surface area contributed by atoms with Gasteiger partial charge in [0.25, 0.3) is 5.69 Å². The number of fused-ring (bicyclic) bond motifs is 1. The quantitative estimate of drug-likeness (QED) is 0.539. The molecule has 1 fully saturated rings. The molecule has 0 bridgehead atoms. The number of aromatic hydroxyl groups is 1. The van der Waals surface area contributed by atoms with E-state index in [1.165, 1.54) is 28.0 Å². The molecular weight excluding hydrogens is 368 g/mol. The number of nitro groups is 1. The number of benzene rings is 1. The summed E-state index contributed by atoms with van der Waals surface area (Å²) < 4.78 is 1.46. The van der Waals surface area contributed by atoms with Crippen LogP contribution in [0.1, 0.15) is 22.3 Å². The zero-order valence-corrected chi connectivity index (χ0v) is 15.9. The average Bonchev–Trinajstić information content (AvgIpc) is 3.15. The number of thiazole rings is 1. The maximum absolute atomic E-state index is 11.0. The zero-order valence-electron chi connectivity index (χ0n) is 15.1. The van der Waals surface area contributed by atoms with Crippen molar-refractivity contribution < 1.29 is 10.0 Å². The minimum absolute atomic E-state index is 0.0540. The van der Waals surface area contributed by atoms with Gasteiger partial charge in [-0.25, -0.2) is 4.98 Å². The fourth-order valence-corrected chi connectivity index (χ4v) is 4.58. The molecule has 2 aromatic heterocycles. The second-order valence-corrected chi connectivity index (χ2v) is 7.74. The molecule has 0 amide bonds. The van der Waals surface area contributed by atoms with Crippen LogP contribution in [0.15, 0.2) is 24.3 Å². The van der Waals surface area contributed by atoms with Gasteiger partial charge >= 0.3 is 0 Å². The van der Waals surface area contributed by atoms with E-state index in [9.17, 15) is 15.2 Å². The van der Waals surface area contributed by atoms with Crippen molar-refractivity contribution in [3.8, 4) is 5.88 Å². The fourth-order valence-electron chi connectivity index (χ4n) is 3.41. The van der Waals surface area contributed by atoms with Gasteiger partial charge in [-0.05, 0) is 19.5 Å². The van der Waals surface area contributed by atoms with Crippen LogP contribution in [0.25, 0.3) is 4.96 Å². The van der Waals surface area contributed by atoms with E-state index in [0.717, 1.165) is 36.6 Å². The molecule has 142 valence electrons. The molecular formula is C17H20N6O3S. The first-order valence-electron chi connectivity index (χ1n) is 8.66. The summed E-state index contributed by atoms with van der Waals surface area (Å²) in [6.07, 6.45) is 0. The number of rotatable bonds is 4. The second-order valence-electron chi connectivity index (χ2n) is 6.73. The molecule has 4 rings (SSSR count). The van der Waals surface area contributed by atoms with Crippen molar-refractivity contribution in [1.82, 2.24) is 24.4 Å². The van der Waals surface area contributed by atoms with E-state index in [0.29, 0.717) is 10.8 Å². The van der Waals surface area contributed by atoms with Crippen molar-refractivity contribution in [3.05, 3.63) is 50.6 Å². The monoisotopic (exact) mass is 388 g/mol. The molecule has 1 aromatic carbocycles. The minimum atomic E-state index is -0.405. The lowest BCUT2D eigenvalue weighted by molar-refractivity contribution is -0.384. The highest BCUT2D eigenvalue weighted by molar-refractivity contribution is 7.17. The van der Waals surface area contributed by atoms with Crippen molar-refractivity contribution >= 4 is 22.0 Å². The molecule has 1 aliphatic rings. The van der Waals surface area contributed by atoms with Gasteiger partial charge < -0.3 is 10.0 Å². The number of non-ortho nitro benzene ring substituents is 1. The third-order valence-electron chi connectivity index (χ3n) is 4.88. The lowest BCUT2D eigenvalue weighted by Crippen LogP contribution is -2.46. The molecule has 1 atom stereocenters. The maximum atomic E-state index is 11.0. The predicted molar refractivity (Wildman–Crippen MR) is 101 cm³/mol. The van der Waals surface area contributed by atoms with Gasteiger partial charge in [-0.2, -0.15) is 4.52 Å². The van der Waals surface area contributed by atoms with E-state index in [1.807, 2.05) is 0 Å². The predicted octanol–water partition coefficient (Wildman–Crippen LogP) is 2.05. The van der Waals surface area contributed by atoms with Gasteiger partial charge in [0.05, 0.1) is 15.8 Å². The van der Waals surface area contributed by atoms with Crippen LogP contribution in [0, 0.1) is 17.0 Å². The van der Waals surface area contributed by atoms with Crippen molar-refractivity contribution in [2.45, 2.75) is 13.0 Å². The number of aromatic nitrogens is 3. The molecule has 10 heteroatoms. The first-order chi connectivity index (χ1) is 12.9. The molecule has 3 aromatic rings. The molecule has 1 aliphatic heterocycles. The van der Waals surface area contributed by atoms with Crippen LogP contribution in [0.3, 0.4) is 0 Å². The lowest BCUT2D eigenvalue weighted by atomic mass is 10.0. The topological polar surface area (TPSA) is 100 Å². The standard InChI is InChI=1S/C17H20N6O3S/c1-11-18-17-22(19-11)16(24)15(27-17)14(21-9-7-20(2)8-10-21)12-3-5-13(6-4-12)23(25)26/h3-6,14,24H,7-10H2,1-2H3/t14-/m1/s1. The van der Waals surface area contributed by atoms with Crippen molar-refractivity contribution in [3.63, 3.8) is 0 Å². The normalized spacial score (nSPS) is 17.4. The van der Waals surface area contributed by atoms with E-state index in [2.05, 4.69) is 26.9 Å². The Bertz CT molecular complexity index is 975. The highest BCUT2D eigenvalue weighted by Crippen LogP contribution is 2.40. The zero-order chi connectivity index (χ0) is 19.1. The van der Waals surface area contributed by atoms with Crippen LogP contribution < -0.4 is 0 Å². The summed E-state index contributed by atoms with van der Waals surface area (Å²) >= 11 is 1.40. The van der Waals surface area contributed by atoms with E-state index >= 15 is 0 Å². The molecule has 9 nitrogen and oxygen atoms in total. The number of aryl methyl sites for hydroxylation is 1. The highest BCUT2D eigenvalue weighted by Gasteiger charge is 2.31. The lowest BCUT2D eigenvalue weighted by Gasteiger charge is -2.37. The second kappa shape index (κ2) is 6.87. The molecule has 0 aliphatic carbocycles. The summed E-state index contributed by atoms with van der Waals surface area (Å²) in [6, 6.07) is 6.35. The van der Waals surface area contributed by atoms with Crippen LogP contribution in [0.2, 0.25) is 0 Å². The average molecular weight is 388 g/mol. The van der Waals surface area contributed by atoms with E-state index in [4.69, 9.17) is 0 Å². The Morgan fingerprint density at radius 1 is 1.22 bits per heavy atom. The van der Waals surface area contributed by atoms with Gasteiger partial charge in [0.1, 0.15) is 5.82 Å². The molecule has 1 saturated heterocycles. The van der Waals surface area contributed by atoms with Crippen LogP contribution >= 0.6 is 11.3 Å². The highest BCUT2D eigenvalue weighted by atomic mass is 32.1. The summed E-state index contributed by atoms with van der Waals surface area (Å²) in [4.78, 5) is 20.9. The Labute approximate surface area is 159 Å². The summed E-state index contributed by atoms with van der Waals surface area (Å²) in [5.74, 6) is 0.687. The molecule has 0 spiro atoms. The van der Waals surface area contributed by atoms with Crippen LogP contribution in [-0.4, -0.2) is 67.7 Å².